The molecule has 0 aromatic heterocycles. The first-order valence-corrected chi connectivity index (χ1v) is 8.57. The maximum absolute atomic E-state index is 14.2. The molecule has 0 saturated carbocycles. The Balaban J connectivity index is 2.11. The molecule has 0 spiro atoms. The highest BCUT2D eigenvalue weighted by Gasteiger charge is 2.22. The minimum atomic E-state index is -1.58. The topological polar surface area (TPSA) is 78.4 Å². The quantitative estimate of drug-likeness (QED) is 0.624. The number of rotatable bonds is 5. The zero-order chi connectivity index (χ0) is 20.4. The maximum Gasteiger partial charge on any atom is 0.338 e. The molecule has 0 fully saturated rings. The maximum atomic E-state index is 14.2. The Bertz CT molecular complexity index is 898. The number of carboxylic acid groups (broad SMARTS) is 1. The van der Waals surface area contributed by atoms with Crippen molar-refractivity contribution in [2.24, 2.45) is 5.41 Å². The summed E-state index contributed by atoms with van der Waals surface area (Å²) in [6.45, 7) is 5.08. The summed E-state index contributed by atoms with van der Waals surface area (Å²) in [6.07, 6.45) is 0. The van der Waals surface area contributed by atoms with Crippen molar-refractivity contribution in [2.45, 2.75) is 25.7 Å². The van der Waals surface area contributed by atoms with Crippen molar-refractivity contribution in [3.05, 3.63) is 53.3 Å². The van der Waals surface area contributed by atoms with Crippen LogP contribution in [-0.4, -0.2) is 17.0 Å². The fraction of sp³-hybridized carbons (Fsp3) is 0.222. The van der Waals surface area contributed by atoms with Gasteiger partial charge in [-0.15, -0.1) is 0 Å². The van der Waals surface area contributed by atoms with Crippen LogP contribution >= 0.6 is 11.9 Å². The Morgan fingerprint density at radius 2 is 1.59 bits per heavy atom. The molecule has 5 nitrogen and oxygen atoms in total. The van der Waals surface area contributed by atoms with E-state index in [1.807, 2.05) is 0 Å². The second-order valence-corrected chi connectivity index (χ2v) is 7.55. The summed E-state index contributed by atoms with van der Waals surface area (Å²) in [4.78, 5) is 23.0. The van der Waals surface area contributed by atoms with Crippen molar-refractivity contribution >= 4 is 35.2 Å². The van der Waals surface area contributed by atoms with Crippen LogP contribution in [0.3, 0.4) is 0 Å². The number of anilines is 2. The first kappa shape index (κ1) is 20.6. The molecule has 1 amide bonds. The minimum Gasteiger partial charge on any atom is -0.478 e. The summed E-state index contributed by atoms with van der Waals surface area (Å²) in [5, 5.41) is 11.2. The van der Waals surface area contributed by atoms with E-state index in [-0.39, 0.29) is 17.3 Å². The van der Waals surface area contributed by atoms with E-state index in [1.54, 1.807) is 20.8 Å². The van der Waals surface area contributed by atoms with Crippen molar-refractivity contribution in [1.82, 2.24) is 0 Å². The molecule has 3 N–H and O–H groups in total. The smallest absolute Gasteiger partial charge is 0.338 e. The number of carbonyl (C=O) groups excluding carboxylic acids is 1. The number of nitrogens with one attached hydrogen (secondary N) is 2. The van der Waals surface area contributed by atoms with E-state index in [0.717, 1.165) is 18.0 Å². The SMILES string of the molecule is CC(C)(C)C(=O)Nc1ccc(SNc2cc(F)c(C(=O)O)cc2F)cc1F. The van der Waals surface area contributed by atoms with Gasteiger partial charge < -0.3 is 15.1 Å². The van der Waals surface area contributed by atoms with Crippen LogP contribution in [0.15, 0.2) is 35.2 Å². The van der Waals surface area contributed by atoms with Gasteiger partial charge in [0.15, 0.2) is 0 Å². The average Bonchev–Trinajstić information content (AvgIpc) is 2.56. The van der Waals surface area contributed by atoms with E-state index < -0.39 is 34.4 Å². The number of halogens is 3. The molecule has 0 saturated heterocycles. The molecule has 0 aliphatic carbocycles. The molecular weight excluding hydrogens is 381 g/mol. The third-order valence-corrected chi connectivity index (χ3v) is 4.25. The van der Waals surface area contributed by atoms with Crippen LogP contribution in [0.1, 0.15) is 31.1 Å². The number of benzene rings is 2. The van der Waals surface area contributed by atoms with Gasteiger partial charge in [-0.1, -0.05) is 20.8 Å². The second-order valence-electron chi connectivity index (χ2n) is 6.67. The molecule has 27 heavy (non-hydrogen) atoms. The van der Waals surface area contributed by atoms with Crippen molar-refractivity contribution < 1.29 is 27.9 Å². The number of carboxylic acids is 1. The van der Waals surface area contributed by atoms with Crippen LogP contribution in [0.2, 0.25) is 0 Å². The summed E-state index contributed by atoms with van der Waals surface area (Å²) >= 11 is 0.801. The van der Waals surface area contributed by atoms with Gasteiger partial charge in [0.25, 0.3) is 0 Å². The van der Waals surface area contributed by atoms with Crippen LogP contribution in [0.5, 0.6) is 0 Å². The molecule has 0 heterocycles. The molecule has 0 bridgehead atoms. The molecule has 0 radical (unpaired) electrons. The van der Waals surface area contributed by atoms with Gasteiger partial charge in [-0.2, -0.15) is 0 Å². The van der Waals surface area contributed by atoms with E-state index in [2.05, 4.69) is 10.0 Å². The zero-order valence-corrected chi connectivity index (χ0v) is 15.5. The Kier molecular flexibility index (Phi) is 6.04. The minimum absolute atomic E-state index is 0.00214. The van der Waals surface area contributed by atoms with Crippen molar-refractivity contribution in [2.75, 3.05) is 10.0 Å². The molecule has 2 rings (SSSR count). The molecule has 0 unspecified atom stereocenters. The summed E-state index contributed by atoms with van der Waals surface area (Å²) in [7, 11) is 0. The average molecular weight is 398 g/mol. The van der Waals surface area contributed by atoms with E-state index >= 15 is 0 Å². The summed E-state index contributed by atoms with van der Waals surface area (Å²) in [5.74, 6) is -4.68. The van der Waals surface area contributed by atoms with Crippen LogP contribution in [0, 0.1) is 22.9 Å². The summed E-state index contributed by atoms with van der Waals surface area (Å²) in [6, 6.07) is 5.23. The molecule has 0 aliphatic heterocycles. The van der Waals surface area contributed by atoms with Gasteiger partial charge in [-0.3, -0.25) is 4.79 Å². The Morgan fingerprint density at radius 3 is 2.15 bits per heavy atom. The van der Waals surface area contributed by atoms with Gasteiger partial charge in [0.2, 0.25) is 5.91 Å². The van der Waals surface area contributed by atoms with E-state index in [4.69, 9.17) is 5.11 Å². The highest BCUT2D eigenvalue weighted by molar-refractivity contribution is 8.00. The molecule has 0 aliphatic rings. The van der Waals surface area contributed by atoms with Crippen molar-refractivity contribution in [1.29, 1.82) is 0 Å². The van der Waals surface area contributed by atoms with E-state index in [9.17, 15) is 22.8 Å². The number of hydrogen-bond donors (Lipinski definition) is 3. The Labute approximate surface area is 158 Å². The molecule has 9 heteroatoms. The fourth-order valence-electron chi connectivity index (χ4n) is 1.87. The Hall–Kier alpha value is -2.68. The van der Waals surface area contributed by atoms with Crippen LogP contribution in [0.25, 0.3) is 0 Å². The normalized spacial score (nSPS) is 11.2. The molecule has 0 atom stereocenters. The lowest BCUT2D eigenvalue weighted by molar-refractivity contribution is -0.123. The number of aromatic carboxylic acids is 1. The largest absolute Gasteiger partial charge is 0.478 e. The number of amides is 1. The van der Waals surface area contributed by atoms with Gasteiger partial charge >= 0.3 is 5.97 Å². The van der Waals surface area contributed by atoms with Crippen LogP contribution in [-0.2, 0) is 4.79 Å². The lowest BCUT2D eigenvalue weighted by Crippen LogP contribution is -2.28. The van der Waals surface area contributed by atoms with Crippen molar-refractivity contribution in [3.8, 4) is 0 Å². The third-order valence-electron chi connectivity index (χ3n) is 3.44. The van der Waals surface area contributed by atoms with Gasteiger partial charge in [0.1, 0.15) is 17.5 Å². The van der Waals surface area contributed by atoms with Gasteiger partial charge in [-0.25, -0.2) is 18.0 Å². The van der Waals surface area contributed by atoms with Gasteiger partial charge in [0, 0.05) is 16.4 Å². The summed E-state index contributed by atoms with van der Waals surface area (Å²) < 4.78 is 44.2. The lowest BCUT2D eigenvalue weighted by Gasteiger charge is -2.18. The monoisotopic (exact) mass is 398 g/mol. The third kappa shape index (κ3) is 5.16. The van der Waals surface area contributed by atoms with Crippen LogP contribution < -0.4 is 10.0 Å². The molecular formula is C18H17F3N2O3S. The predicted octanol–water partition coefficient (Wildman–Crippen LogP) is 4.91. The highest BCUT2D eigenvalue weighted by atomic mass is 32.2. The molecule has 2 aromatic rings. The number of carbonyl (C=O) groups is 2. The molecule has 2 aromatic carbocycles. The summed E-state index contributed by atoms with van der Waals surface area (Å²) in [5.41, 5.74) is -1.76. The standard InChI is InChI=1S/C18H17F3N2O3S/c1-18(2,3)17(26)22-14-5-4-9(6-12(14)20)27-23-15-8-11(19)10(16(24)25)7-13(15)21/h4-8,23H,1-3H3,(H,22,26)(H,24,25). The molecule has 144 valence electrons. The highest BCUT2D eigenvalue weighted by Crippen LogP contribution is 2.28. The fourth-order valence-corrected chi connectivity index (χ4v) is 2.56. The number of hydrogen-bond acceptors (Lipinski definition) is 4. The Morgan fingerprint density at radius 1 is 0.963 bits per heavy atom. The van der Waals surface area contributed by atoms with Crippen LogP contribution in [0.4, 0.5) is 24.5 Å². The van der Waals surface area contributed by atoms with Gasteiger partial charge in [0.05, 0.1) is 16.9 Å². The zero-order valence-electron chi connectivity index (χ0n) is 14.7. The predicted molar refractivity (Wildman–Crippen MR) is 97.3 cm³/mol. The second kappa shape index (κ2) is 7.91. The van der Waals surface area contributed by atoms with Crippen molar-refractivity contribution in [3.63, 3.8) is 0 Å². The lowest BCUT2D eigenvalue weighted by atomic mass is 9.95. The van der Waals surface area contributed by atoms with E-state index in [0.29, 0.717) is 17.0 Å². The first-order chi connectivity index (χ1) is 12.5. The first-order valence-electron chi connectivity index (χ1n) is 7.75. The van der Waals surface area contributed by atoms with E-state index in [1.165, 1.54) is 12.1 Å². The van der Waals surface area contributed by atoms with Gasteiger partial charge in [-0.05, 0) is 36.2 Å².